The summed E-state index contributed by atoms with van der Waals surface area (Å²) in [6.45, 7) is 0.493. The van der Waals surface area contributed by atoms with Crippen molar-refractivity contribution in [2.45, 2.75) is 25.7 Å². The van der Waals surface area contributed by atoms with Crippen LogP contribution in [0.15, 0.2) is 52.9 Å². The molecule has 0 saturated heterocycles. The van der Waals surface area contributed by atoms with E-state index >= 15 is 0 Å². The van der Waals surface area contributed by atoms with Crippen LogP contribution in [-0.2, 0) is 17.6 Å². The first-order valence-electron chi connectivity index (χ1n) is 8.70. The topological polar surface area (TPSA) is 68.0 Å². The Hall–Kier alpha value is -2.73. The maximum Gasteiger partial charge on any atom is 0.247 e. The molecule has 27 heavy (non-hydrogen) atoms. The number of aromatic nitrogens is 2. The van der Waals surface area contributed by atoms with Crippen molar-refractivity contribution >= 4 is 17.5 Å². The van der Waals surface area contributed by atoms with E-state index in [4.69, 9.17) is 16.0 Å². The molecule has 0 aliphatic rings. The first kappa shape index (κ1) is 19.0. The number of nitrogens with one attached hydrogen (secondary N) is 1. The number of amides is 1. The molecule has 1 N–H and O–H groups in total. The van der Waals surface area contributed by atoms with Gasteiger partial charge in [-0.05, 0) is 48.7 Å². The number of nitrogens with zero attached hydrogens (tertiary/aromatic N) is 2. The van der Waals surface area contributed by atoms with Gasteiger partial charge in [0.15, 0.2) is 0 Å². The Morgan fingerprint density at radius 2 is 1.85 bits per heavy atom. The van der Waals surface area contributed by atoms with Crippen LogP contribution in [0.4, 0.5) is 4.39 Å². The summed E-state index contributed by atoms with van der Waals surface area (Å²) in [5.74, 6) is 0.486. The predicted octanol–water partition coefficient (Wildman–Crippen LogP) is 4.21. The van der Waals surface area contributed by atoms with E-state index in [2.05, 4.69) is 15.5 Å². The standard InChI is InChI=1S/C20H19ClFN3O2/c21-16-9-7-15(8-10-16)20-25-24-19(27-20)12-11-18(26)23-13-3-5-14-4-1-2-6-17(14)22/h1-2,4,6-10H,3,5,11-13H2,(H,23,26). The van der Waals surface area contributed by atoms with E-state index in [9.17, 15) is 9.18 Å². The molecule has 1 aromatic heterocycles. The van der Waals surface area contributed by atoms with E-state index in [0.717, 1.165) is 5.56 Å². The molecule has 0 aliphatic carbocycles. The van der Waals surface area contributed by atoms with Gasteiger partial charge in [0.05, 0.1) is 0 Å². The van der Waals surface area contributed by atoms with E-state index in [1.807, 2.05) is 0 Å². The number of halogens is 2. The van der Waals surface area contributed by atoms with E-state index in [0.29, 0.717) is 48.2 Å². The van der Waals surface area contributed by atoms with Gasteiger partial charge in [-0.2, -0.15) is 0 Å². The molecule has 0 atom stereocenters. The molecule has 3 rings (SSSR count). The third kappa shape index (κ3) is 5.62. The minimum Gasteiger partial charge on any atom is -0.421 e. The SMILES string of the molecule is O=C(CCc1nnc(-c2ccc(Cl)cc2)o1)NCCCc1ccccc1F. The van der Waals surface area contributed by atoms with Crippen LogP contribution in [0.2, 0.25) is 5.02 Å². The second-order valence-electron chi connectivity index (χ2n) is 6.05. The molecule has 0 aliphatic heterocycles. The van der Waals surface area contributed by atoms with Crippen molar-refractivity contribution in [1.82, 2.24) is 15.5 Å². The lowest BCUT2D eigenvalue weighted by molar-refractivity contribution is -0.121. The molecule has 2 aromatic carbocycles. The summed E-state index contributed by atoms with van der Waals surface area (Å²) in [5.41, 5.74) is 1.43. The summed E-state index contributed by atoms with van der Waals surface area (Å²) in [6, 6.07) is 13.7. The molecule has 0 unspecified atom stereocenters. The molecule has 140 valence electrons. The molecular formula is C20H19ClFN3O2. The number of benzene rings is 2. The number of hydrogen-bond donors (Lipinski definition) is 1. The number of hydrogen-bond acceptors (Lipinski definition) is 4. The summed E-state index contributed by atoms with van der Waals surface area (Å²) in [4.78, 5) is 11.9. The van der Waals surface area contributed by atoms with Gasteiger partial charge < -0.3 is 9.73 Å². The average Bonchev–Trinajstić information content (AvgIpc) is 3.14. The average molecular weight is 388 g/mol. The minimum absolute atomic E-state index is 0.102. The van der Waals surface area contributed by atoms with Crippen LogP contribution in [-0.4, -0.2) is 22.6 Å². The second-order valence-corrected chi connectivity index (χ2v) is 6.49. The summed E-state index contributed by atoms with van der Waals surface area (Å²) in [7, 11) is 0. The molecule has 0 radical (unpaired) electrons. The Kier molecular flexibility index (Phi) is 6.54. The van der Waals surface area contributed by atoms with Crippen molar-refractivity contribution in [3.8, 4) is 11.5 Å². The lowest BCUT2D eigenvalue weighted by Gasteiger charge is -2.05. The smallest absolute Gasteiger partial charge is 0.247 e. The molecule has 5 nitrogen and oxygen atoms in total. The molecular weight excluding hydrogens is 369 g/mol. The lowest BCUT2D eigenvalue weighted by atomic mass is 10.1. The fourth-order valence-electron chi connectivity index (χ4n) is 2.58. The van der Waals surface area contributed by atoms with Crippen molar-refractivity contribution in [3.05, 3.63) is 70.8 Å². The van der Waals surface area contributed by atoms with Gasteiger partial charge >= 0.3 is 0 Å². The van der Waals surface area contributed by atoms with Crippen molar-refractivity contribution in [2.24, 2.45) is 0 Å². The van der Waals surface area contributed by atoms with Crippen LogP contribution < -0.4 is 5.32 Å². The van der Waals surface area contributed by atoms with Crippen LogP contribution in [0, 0.1) is 5.82 Å². The third-order valence-corrected chi connectivity index (χ3v) is 4.28. The molecule has 0 bridgehead atoms. The zero-order chi connectivity index (χ0) is 19.1. The van der Waals surface area contributed by atoms with E-state index < -0.39 is 0 Å². The number of rotatable bonds is 8. The fourth-order valence-corrected chi connectivity index (χ4v) is 2.71. The van der Waals surface area contributed by atoms with E-state index in [-0.39, 0.29) is 18.1 Å². The second kappa shape index (κ2) is 9.28. The summed E-state index contributed by atoms with van der Waals surface area (Å²) in [6.07, 6.45) is 1.87. The fraction of sp³-hybridized carbons (Fsp3) is 0.250. The minimum atomic E-state index is -0.211. The zero-order valence-corrected chi connectivity index (χ0v) is 15.4. The van der Waals surface area contributed by atoms with Gasteiger partial charge in [-0.25, -0.2) is 4.39 Å². The molecule has 0 spiro atoms. The Labute approximate surface area is 161 Å². The highest BCUT2D eigenvalue weighted by Crippen LogP contribution is 2.20. The maximum atomic E-state index is 13.5. The molecule has 1 heterocycles. The van der Waals surface area contributed by atoms with Gasteiger partial charge in [-0.15, -0.1) is 10.2 Å². The molecule has 3 aromatic rings. The van der Waals surface area contributed by atoms with Crippen molar-refractivity contribution in [1.29, 1.82) is 0 Å². The van der Waals surface area contributed by atoms with Crippen molar-refractivity contribution in [3.63, 3.8) is 0 Å². The predicted molar refractivity (Wildman–Crippen MR) is 101 cm³/mol. The zero-order valence-electron chi connectivity index (χ0n) is 14.6. The molecule has 0 fully saturated rings. The van der Waals surface area contributed by atoms with E-state index in [1.165, 1.54) is 6.07 Å². The largest absolute Gasteiger partial charge is 0.421 e. The highest BCUT2D eigenvalue weighted by atomic mass is 35.5. The van der Waals surface area contributed by atoms with Crippen LogP contribution in [0.25, 0.3) is 11.5 Å². The van der Waals surface area contributed by atoms with Crippen molar-refractivity contribution < 1.29 is 13.6 Å². The summed E-state index contributed by atoms with van der Waals surface area (Å²) in [5, 5.41) is 11.4. The van der Waals surface area contributed by atoms with Gasteiger partial charge in [-0.1, -0.05) is 29.8 Å². The maximum absolute atomic E-state index is 13.5. The third-order valence-electron chi connectivity index (χ3n) is 4.03. The van der Waals surface area contributed by atoms with Gasteiger partial charge in [0.2, 0.25) is 17.7 Å². The van der Waals surface area contributed by atoms with Crippen molar-refractivity contribution in [2.75, 3.05) is 6.54 Å². The van der Waals surface area contributed by atoms with Crippen LogP contribution in [0.3, 0.4) is 0 Å². The van der Waals surface area contributed by atoms with Gasteiger partial charge in [0.1, 0.15) is 5.82 Å². The van der Waals surface area contributed by atoms with Gasteiger partial charge in [0.25, 0.3) is 0 Å². The number of carbonyl (C=O) groups excluding carboxylic acids is 1. The highest BCUT2D eigenvalue weighted by molar-refractivity contribution is 6.30. The Balaban J connectivity index is 1.39. The van der Waals surface area contributed by atoms with E-state index in [1.54, 1.807) is 42.5 Å². The molecule has 1 amide bonds. The number of carbonyl (C=O) groups is 1. The molecule has 7 heteroatoms. The summed E-state index contributed by atoms with van der Waals surface area (Å²) >= 11 is 5.85. The Morgan fingerprint density at radius 3 is 2.63 bits per heavy atom. The normalized spacial score (nSPS) is 10.7. The monoisotopic (exact) mass is 387 g/mol. The van der Waals surface area contributed by atoms with Crippen LogP contribution in [0.1, 0.15) is 24.3 Å². The summed E-state index contributed by atoms with van der Waals surface area (Å²) < 4.78 is 19.1. The Morgan fingerprint density at radius 1 is 1.07 bits per heavy atom. The van der Waals surface area contributed by atoms with Crippen LogP contribution in [0.5, 0.6) is 0 Å². The molecule has 0 saturated carbocycles. The first-order valence-corrected chi connectivity index (χ1v) is 9.08. The van der Waals surface area contributed by atoms with Crippen LogP contribution >= 0.6 is 11.6 Å². The first-order chi connectivity index (χ1) is 13.1. The number of aryl methyl sites for hydroxylation is 2. The highest BCUT2D eigenvalue weighted by Gasteiger charge is 2.10. The van der Waals surface area contributed by atoms with Gasteiger partial charge in [0, 0.05) is 30.0 Å². The quantitative estimate of drug-likeness (QED) is 0.588. The Bertz CT molecular complexity index is 896. The van der Waals surface area contributed by atoms with Gasteiger partial charge in [-0.3, -0.25) is 4.79 Å². The lowest BCUT2D eigenvalue weighted by Crippen LogP contribution is -2.25.